The van der Waals surface area contributed by atoms with Crippen molar-refractivity contribution in [3.8, 4) is 0 Å². The second-order valence-electron chi connectivity index (χ2n) is 8.02. The first-order valence-electron chi connectivity index (χ1n) is 8.32. The van der Waals surface area contributed by atoms with E-state index >= 15 is 0 Å². The summed E-state index contributed by atoms with van der Waals surface area (Å²) in [6, 6.07) is 0. The maximum Gasteiger partial charge on any atom is 0.309 e. The van der Waals surface area contributed by atoms with Crippen molar-refractivity contribution in [1.82, 2.24) is 0 Å². The average Bonchev–Trinajstić information content (AvgIpc) is 2.37. The summed E-state index contributed by atoms with van der Waals surface area (Å²) in [5.41, 5.74) is 1.37. The molecule has 2 heteroatoms. The van der Waals surface area contributed by atoms with Crippen molar-refractivity contribution in [3.63, 3.8) is 0 Å². The number of allylic oxidation sites excluding steroid dienone is 2. The largest absolute Gasteiger partial charge is 0.481 e. The lowest BCUT2D eigenvalue weighted by atomic mass is 9.46. The number of fused-ring (bicyclic) bond motifs is 3. The van der Waals surface area contributed by atoms with Crippen molar-refractivity contribution in [2.45, 2.75) is 65.7 Å². The van der Waals surface area contributed by atoms with Crippen LogP contribution in [0.5, 0.6) is 0 Å². The lowest BCUT2D eigenvalue weighted by Gasteiger charge is -2.58. The van der Waals surface area contributed by atoms with Gasteiger partial charge in [-0.1, -0.05) is 31.9 Å². The van der Waals surface area contributed by atoms with Crippen molar-refractivity contribution in [2.75, 3.05) is 0 Å². The maximum absolute atomic E-state index is 11.9. The standard InChI is InChI=1S/C18H28O2/c1-12-5-7-14-13(11-12)6-8-15-17(14,2)9-4-10-18(15,3)16(19)20/h11-12,14-15H,4-10H2,1-3H3,(H,19,20)/t12?,14?,15?,17-,18-/m1/s1. The Morgan fingerprint density at radius 3 is 2.70 bits per heavy atom. The molecule has 3 aliphatic rings. The van der Waals surface area contributed by atoms with E-state index in [1.165, 1.54) is 19.3 Å². The van der Waals surface area contributed by atoms with Crippen LogP contribution in [0.4, 0.5) is 0 Å². The van der Waals surface area contributed by atoms with E-state index in [9.17, 15) is 9.90 Å². The van der Waals surface area contributed by atoms with Gasteiger partial charge in [0.1, 0.15) is 0 Å². The van der Waals surface area contributed by atoms with Gasteiger partial charge in [-0.3, -0.25) is 4.79 Å². The van der Waals surface area contributed by atoms with E-state index in [2.05, 4.69) is 19.9 Å². The molecule has 0 aromatic heterocycles. The molecular formula is C18H28O2. The molecule has 0 saturated heterocycles. The number of carboxylic acid groups (broad SMARTS) is 1. The monoisotopic (exact) mass is 276 g/mol. The minimum Gasteiger partial charge on any atom is -0.481 e. The Hall–Kier alpha value is -0.790. The molecule has 0 aromatic rings. The van der Waals surface area contributed by atoms with E-state index in [1.54, 1.807) is 5.57 Å². The van der Waals surface area contributed by atoms with Gasteiger partial charge in [0.2, 0.25) is 0 Å². The van der Waals surface area contributed by atoms with Gasteiger partial charge in [-0.15, -0.1) is 0 Å². The lowest BCUT2D eigenvalue weighted by molar-refractivity contribution is -0.164. The molecule has 0 heterocycles. The molecule has 2 saturated carbocycles. The van der Waals surface area contributed by atoms with Gasteiger partial charge < -0.3 is 5.11 Å². The molecule has 3 unspecified atom stereocenters. The zero-order chi connectivity index (χ0) is 14.5. The van der Waals surface area contributed by atoms with Crippen LogP contribution in [0.2, 0.25) is 0 Å². The Morgan fingerprint density at radius 1 is 1.25 bits per heavy atom. The highest BCUT2D eigenvalue weighted by Crippen LogP contribution is 2.63. The quantitative estimate of drug-likeness (QED) is 0.708. The Morgan fingerprint density at radius 2 is 2.00 bits per heavy atom. The highest BCUT2D eigenvalue weighted by molar-refractivity contribution is 5.75. The smallest absolute Gasteiger partial charge is 0.309 e. The summed E-state index contributed by atoms with van der Waals surface area (Å²) in [5.74, 6) is 1.16. The van der Waals surface area contributed by atoms with Crippen LogP contribution < -0.4 is 0 Å². The summed E-state index contributed by atoms with van der Waals surface area (Å²) in [5, 5.41) is 9.77. The predicted molar refractivity (Wildman–Crippen MR) is 80.4 cm³/mol. The topological polar surface area (TPSA) is 37.3 Å². The molecule has 20 heavy (non-hydrogen) atoms. The first-order valence-corrected chi connectivity index (χ1v) is 8.32. The molecule has 1 N–H and O–H groups in total. The van der Waals surface area contributed by atoms with Crippen LogP contribution in [-0.4, -0.2) is 11.1 Å². The summed E-state index contributed by atoms with van der Waals surface area (Å²) < 4.78 is 0. The van der Waals surface area contributed by atoms with Gasteiger partial charge in [-0.05, 0) is 68.6 Å². The normalized spacial score (nSPS) is 48.0. The van der Waals surface area contributed by atoms with Crippen LogP contribution in [0.1, 0.15) is 65.7 Å². The molecule has 0 radical (unpaired) electrons. The summed E-state index contributed by atoms with van der Waals surface area (Å²) in [4.78, 5) is 11.9. The van der Waals surface area contributed by atoms with Crippen molar-refractivity contribution in [3.05, 3.63) is 11.6 Å². The SMILES string of the molecule is CC1C=C2CCC3[C@](C)(CCC[C@@]3(C)C(=O)O)C2CC1. The fourth-order valence-electron chi connectivity index (χ4n) is 5.74. The highest BCUT2D eigenvalue weighted by Gasteiger charge is 2.57. The summed E-state index contributed by atoms with van der Waals surface area (Å²) in [6.45, 7) is 6.73. The van der Waals surface area contributed by atoms with Crippen LogP contribution >= 0.6 is 0 Å². The van der Waals surface area contributed by atoms with E-state index in [0.717, 1.165) is 31.6 Å². The van der Waals surface area contributed by atoms with E-state index in [4.69, 9.17) is 0 Å². The maximum atomic E-state index is 11.9. The third-order valence-corrected chi connectivity index (χ3v) is 6.84. The van der Waals surface area contributed by atoms with Gasteiger partial charge in [-0.25, -0.2) is 0 Å². The molecule has 112 valence electrons. The fraction of sp³-hybridized carbons (Fsp3) is 0.833. The minimum atomic E-state index is -0.565. The van der Waals surface area contributed by atoms with Crippen molar-refractivity contribution < 1.29 is 9.90 Å². The van der Waals surface area contributed by atoms with Gasteiger partial charge in [0.15, 0.2) is 0 Å². The van der Waals surface area contributed by atoms with Gasteiger partial charge in [0, 0.05) is 0 Å². The highest BCUT2D eigenvalue weighted by atomic mass is 16.4. The van der Waals surface area contributed by atoms with Crippen molar-refractivity contribution >= 4 is 5.97 Å². The first kappa shape index (κ1) is 14.2. The van der Waals surface area contributed by atoms with E-state index in [-0.39, 0.29) is 5.41 Å². The Balaban J connectivity index is 1.99. The van der Waals surface area contributed by atoms with Crippen LogP contribution in [0, 0.1) is 28.6 Å². The summed E-state index contributed by atoms with van der Waals surface area (Å²) >= 11 is 0. The van der Waals surface area contributed by atoms with E-state index in [0.29, 0.717) is 11.8 Å². The van der Waals surface area contributed by atoms with Gasteiger partial charge in [-0.2, -0.15) is 0 Å². The number of rotatable bonds is 1. The molecule has 0 aliphatic heterocycles. The summed E-state index contributed by atoms with van der Waals surface area (Å²) in [6.07, 6.45) is 10.4. The predicted octanol–water partition coefficient (Wildman–Crippen LogP) is 4.65. The Labute approximate surface area is 122 Å². The molecule has 0 amide bonds. The lowest BCUT2D eigenvalue weighted by Crippen LogP contribution is -2.53. The fourth-order valence-corrected chi connectivity index (χ4v) is 5.74. The van der Waals surface area contributed by atoms with Crippen molar-refractivity contribution in [1.29, 1.82) is 0 Å². The summed E-state index contributed by atoms with van der Waals surface area (Å²) in [7, 11) is 0. The first-order chi connectivity index (χ1) is 9.38. The number of aliphatic carboxylic acids is 1. The van der Waals surface area contributed by atoms with Crippen LogP contribution in [0.15, 0.2) is 11.6 Å². The zero-order valence-corrected chi connectivity index (χ0v) is 13.1. The van der Waals surface area contributed by atoms with Crippen LogP contribution in [0.3, 0.4) is 0 Å². The number of hydrogen-bond donors (Lipinski definition) is 1. The number of carbonyl (C=O) groups is 1. The Kier molecular flexibility index (Phi) is 3.26. The van der Waals surface area contributed by atoms with Gasteiger partial charge in [0.05, 0.1) is 5.41 Å². The molecule has 3 rings (SSSR count). The van der Waals surface area contributed by atoms with Gasteiger partial charge >= 0.3 is 5.97 Å². The third kappa shape index (κ3) is 1.87. The van der Waals surface area contributed by atoms with Crippen molar-refractivity contribution in [2.24, 2.45) is 28.6 Å². The number of hydrogen-bond acceptors (Lipinski definition) is 1. The van der Waals surface area contributed by atoms with E-state index in [1.807, 2.05) is 6.92 Å². The molecule has 0 aromatic carbocycles. The molecule has 0 bridgehead atoms. The zero-order valence-electron chi connectivity index (χ0n) is 13.1. The Bertz CT molecular complexity index is 452. The minimum absolute atomic E-state index is 0.218. The molecule has 2 fully saturated rings. The van der Waals surface area contributed by atoms with Crippen LogP contribution in [0.25, 0.3) is 0 Å². The number of carboxylic acids is 1. The molecule has 5 atom stereocenters. The molecule has 3 aliphatic carbocycles. The molecular weight excluding hydrogens is 248 g/mol. The second kappa shape index (κ2) is 4.61. The average molecular weight is 276 g/mol. The van der Waals surface area contributed by atoms with Crippen LogP contribution in [-0.2, 0) is 4.79 Å². The second-order valence-corrected chi connectivity index (χ2v) is 8.02. The van der Waals surface area contributed by atoms with E-state index < -0.39 is 11.4 Å². The molecule has 0 spiro atoms. The van der Waals surface area contributed by atoms with Gasteiger partial charge in [0.25, 0.3) is 0 Å². The molecule has 2 nitrogen and oxygen atoms in total. The third-order valence-electron chi connectivity index (χ3n) is 6.84.